The molecule has 0 saturated carbocycles. The van der Waals surface area contributed by atoms with Crippen LogP contribution in [0, 0.1) is 0 Å². The highest BCUT2D eigenvalue weighted by atomic mass is 79.9. The molecule has 0 bridgehead atoms. The normalized spacial score (nSPS) is 18.5. The van der Waals surface area contributed by atoms with E-state index in [0.717, 1.165) is 42.6 Å². The summed E-state index contributed by atoms with van der Waals surface area (Å²) in [5, 5.41) is 13.6. The molecule has 98 valence electrons. The van der Waals surface area contributed by atoms with Gasteiger partial charge in [0.1, 0.15) is 5.75 Å². The quantitative estimate of drug-likeness (QED) is 0.839. The number of rotatable bonds is 4. The van der Waals surface area contributed by atoms with Gasteiger partial charge in [0.25, 0.3) is 0 Å². The van der Waals surface area contributed by atoms with E-state index in [-0.39, 0.29) is 6.04 Å². The maximum Gasteiger partial charge on any atom is 0.134 e. The summed E-state index contributed by atoms with van der Waals surface area (Å²) in [4.78, 5) is 2.40. The fraction of sp³-hybridized carbons (Fsp3) is 0.429. The summed E-state index contributed by atoms with van der Waals surface area (Å²) in [6.45, 7) is 7.85. The first-order valence-electron chi connectivity index (χ1n) is 6.27. The molecule has 1 aliphatic rings. The molecule has 1 atom stereocenters. The molecule has 18 heavy (non-hydrogen) atoms. The first-order chi connectivity index (χ1) is 8.74. The van der Waals surface area contributed by atoms with Crippen LogP contribution in [0.15, 0.2) is 35.3 Å². The highest BCUT2D eigenvalue weighted by Gasteiger charge is 2.23. The van der Waals surface area contributed by atoms with Gasteiger partial charge >= 0.3 is 0 Å². The SMILES string of the molecule is C=CC[C@@H](c1cccc(Br)c1O)N1CCNCC1. The molecule has 1 saturated heterocycles. The number of hydrogen-bond acceptors (Lipinski definition) is 3. The summed E-state index contributed by atoms with van der Waals surface area (Å²) in [5.41, 5.74) is 0.978. The number of phenolic OH excluding ortho intramolecular Hbond substituents is 1. The maximum absolute atomic E-state index is 10.2. The summed E-state index contributed by atoms with van der Waals surface area (Å²) < 4.78 is 0.754. The third kappa shape index (κ3) is 2.94. The second-order valence-corrected chi connectivity index (χ2v) is 5.36. The number of benzene rings is 1. The minimum Gasteiger partial charge on any atom is -0.506 e. The second-order valence-electron chi connectivity index (χ2n) is 4.50. The van der Waals surface area contributed by atoms with Gasteiger partial charge in [-0.15, -0.1) is 6.58 Å². The van der Waals surface area contributed by atoms with Gasteiger partial charge in [-0.25, -0.2) is 0 Å². The third-order valence-corrected chi connectivity index (χ3v) is 4.00. The summed E-state index contributed by atoms with van der Waals surface area (Å²) in [6.07, 6.45) is 2.77. The van der Waals surface area contributed by atoms with Crippen molar-refractivity contribution in [3.8, 4) is 5.75 Å². The van der Waals surface area contributed by atoms with Gasteiger partial charge in [0.2, 0.25) is 0 Å². The Kier molecular flexibility index (Phi) is 4.80. The van der Waals surface area contributed by atoms with E-state index in [4.69, 9.17) is 0 Å². The van der Waals surface area contributed by atoms with Crippen molar-refractivity contribution >= 4 is 15.9 Å². The third-order valence-electron chi connectivity index (χ3n) is 3.36. The first kappa shape index (κ1) is 13.6. The molecule has 3 nitrogen and oxygen atoms in total. The van der Waals surface area contributed by atoms with Gasteiger partial charge < -0.3 is 10.4 Å². The zero-order chi connectivity index (χ0) is 13.0. The number of piperazine rings is 1. The molecule has 0 amide bonds. The van der Waals surface area contributed by atoms with Gasteiger partial charge in [0, 0.05) is 37.8 Å². The molecule has 0 unspecified atom stereocenters. The lowest BCUT2D eigenvalue weighted by Gasteiger charge is -2.35. The van der Waals surface area contributed by atoms with Crippen LogP contribution < -0.4 is 5.32 Å². The average Bonchev–Trinajstić information content (AvgIpc) is 2.41. The Balaban J connectivity index is 2.28. The van der Waals surface area contributed by atoms with Crippen LogP contribution >= 0.6 is 15.9 Å². The lowest BCUT2D eigenvalue weighted by Crippen LogP contribution is -2.45. The molecule has 1 fully saturated rings. The molecule has 0 aliphatic carbocycles. The van der Waals surface area contributed by atoms with Crippen molar-refractivity contribution in [2.24, 2.45) is 0 Å². The number of nitrogens with zero attached hydrogens (tertiary/aromatic N) is 1. The summed E-state index contributed by atoms with van der Waals surface area (Å²) in [7, 11) is 0. The number of halogens is 1. The van der Waals surface area contributed by atoms with Crippen LogP contribution in [0.2, 0.25) is 0 Å². The van der Waals surface area contributed by atoms with E-state index in [1.54, 1.807) is 0 Å². The number of nitrogens with one attached hydrogen (secondary N) is 1. The van der Waals surface area contributed by atoms with Crippen LogP contribution in [-0.4, -0.2) is 36.2 Å². The molecule has 2 rings (SSSR count). The van der Waals surface area contributed by atoms with E-state index in [2.05, 4.69) is 32.7 Å². The van der Waals surface area contributed by atoms with E-state index in [9.17, 15) is 5.11 Å². The molecular formula is C14H19BrN2O. The fourth-order valence-electron chi connectivity index (χ4n) is 2.43. The highest BCUT2D eigenvalue weighted by Crippen LogP contribution is 2.36. The van der Waals surface area contributed by atoms with E-state index in [0.29, 0.717) is 5.75 Å². The fourth-order valence-corrected chi connectivity index (χ4v) is 2.81. The standard InChI is InChI=1S/C14H19BrN2O/c1-2-4-13(17-9-7-16-8-10-17)11-5-3-6-12(15)14(11)18/h2-3,5-6,13,16,18H,1,4,7-10H2/t13-/m0/s1. The molecule has 2 N–H and O–H groups in total. The topological polar surface area (TPSA) is 35.5 Å². The van der Waals surface area contributed by atoms with Crippen LogP contribution in [0.25, 0.3) is 0 Å². The second kappa shape index (κ2) is 6.36. The molecule has 1 heterocycles. The maximum atomic E-state index is 10.2. The highest BCUT2D eigenvalue weighted by molar-refractivity contribution is 9.10. The predicted octanol–water partition coefficient (Wildman–Crippen LogP) is 2.68. The Hall–Kier alpha value is -0.840. The minimum absolute atomic E-state index is 0.210. The molecule has 4 heteroatoms. The van der Waals surface area contributed by atoms with Crippen molar-refractivity contribution in [3.05, 3.63) is 40.9 Å². The predicted molar refractivity (Wildman–Crippen MR) is 77.8 cm³/mol. The van der Waals surface area contributed by atoms with Crippen LogP contribution in [0.4, 0.5) is 0 Å². The summed E-state index contributed by atoms with van der Waals surface area (Å²) in [6, 6.07) is 6.04. The molecule has 0 radical (unpaired) electrons. The van der Waals surface area contributed by atoms with Gasteiger partial charge in [0.05, 0.1) is 4.47 Å². The number of phenols is 1. The summed E-state index contributed by atoms with van der Waals surface area (Å²) >= 11 is 3.38. The van der Waals surface area contributed by atoms with Crippen molar-refractivity contribution in [1.29, 1.82) is 0 Å². The zero-order valence-electron chi connectivity index (χ0n) is 10.4. The van der Waals surface area contributed by atoms with E-state index in [1.165, 1.54) is 0 Å². The average molecular weight is 311 g/mol. The Morgan fingerprint density at radius 3 is 2.83 bits per heavy atom. The van der Waals surface area contributed by atoms with E-state index >= 15 is 0 Å². The van der Waals surface area contributed by atoms with Crippen LogP contribution in [0.3, 0.4) is 0 Å². The lowest BCUT2D eigenvalue weighted by atomic mass is 10.00. The lowest BCUT2D eigenvalue weighted by molar-refractivity contribution is 0.172. The number of aromatic hydroxyl groups is 1. The van der Waals surface area contributed by atoms with Gasteiger partial charge in [-0.05, 0) is 28.4 Å². The smallest absolute Gasteiger partial charge is 0.134 e. The Morgan fingerprint density at radius 1 is 1.44 bits per heavy atom. The van der Waals surface area contributed by atoms with E-state index in [1.807, 2.05) is 24.3 Å². The van der Waals surface area contributed by atoms with Crippen LogP contribution in [0.1, 0.15) is 18.0 Å². The van der Waals surface area contributed by atoms with Gasteiger partial charge in [0.15, 0.2) is 0 Å². The first-order valence-corrected chi connectivity index (χ1v) is 7.06. The van der Waals surface area contributed by atoms with Crippen molar-refractivity contribution in [3.63, 3.8) is 0 Å². The van der Waals surface area contributed by atoms with Crippen molar-refractivity contribution < 1.29 is 5.11 Å². The molecule has 1 aliphatic heterocycles. The zero-order valence-corrected chi connectivity index (χ0v) is 12.0. The monoisotopic (exact) mass is 310 g/mol. The molecule has 1 aromatic rings. The van der Waals surface area contributed by atoms with Gasteiger partial charge in [-0.3, -0.25) is 4.90 Å². The van der Waals surface area contributed by atoms with Crippen molar-refractivity contribution in [2.45, 2.75) is 12.5 Å². The van der Waals surface area contributed by atoms with Crippen molar-refractivity contribution in [2.75, 3.05) is 26.2 Å². The molecule has 0 aromatic heterocycles. The van der Waals surface area contributed by atoms with Crippen molar-refractivity contribution in [1.82, 2.24) is 10.2 Å². The van der Waals surface area contributed by atoms with Crippen LogP contribution in [0.5, 0.6) is 5.75 Å². The minimum atomic E-state index is 0.210. The van der Waals surface area contributed by atoms with Gasteiger partial charge in [-0.1, -0.05) is 18.2 Å². The number of para-hydroxylation sites is 1. The largest absolute Gasteiger partial charge is 0.506 e. The van der Waals surface area contributed by atoms with Crippen LogP contribution in [-0.2, 0) is 0 Å². The van der Waals surface area contributed by atoms with Gasteiger partial charge in [-0.2, -0.15) is 0 Å². The Bertz CT molecular complexity index is 416. The Labute approximate surface area is 117 Å². The molecular weight excluding hydrogens is 292 g/mol. The molecule has 0 spiro atoms. The van der Waals surface area contributed by atoms with E-state index < -0.39 is 0 Å². The summed E-state index contributed by atoms with van der Waals surface area (Å²) in [5.74, 6) is 0.350. The molecule has 1 aromatic carbocycles. The Morgan fingerprint density at radius 2 is 2.17 bits per heavy atom. The number of hydrogen-bond donors (Lipinski definition) is 2.